The van der Waals surface area contributed by atoms with Crippen LogP contribution in [-0.4, -0.2) is 27.5 Å². The largest absolute Gasteiger partial charge is 0.368 e. The summed E-state index contributed by atoms with van der Waals surface area (Å²) in [5.74, 6) is 1.14. The molecule has 1 aliphatic heterocycles. The second-order valence-corrected chi connectivity index (χ2v) is 5.64. The van der Waals surface area contributed by atoms with Crippen LogP contribution < -0.4 is 10.6 Å². The molecule has 0 amide bonds. The van der Waals surface area contributed by atoms with Gasteiger partial charge in [-0.05, 0) is 31.6 Å². The number of rotatable bonds is 2. The lowest BCUT2D eigenvalue weighted by Crippen LogP contribution is -2.47. The van der Waals surface area contributed by atoms with Crippen molar-refractivity contribution < 1.29 is 4.92 Å². The number of hydrogen-bond donors (Lipinski definition) is 1. The Morgan fingerprint density at radius 2 is 2.05 bits per heavy atom. The predicted molar refractivity (Wildman–Crippen MR) is 75.4 cm³/mol. The van der Waals surface area contributed by atoms with Gasteiger partial charge in [-0.2, -0.15) is 4.98 Å². The van der Waals surface area contributed by atoms with E-state index in [-0.39, 0.29) is 11.6 Å². The average molecular weight is 277 g/mol. The number of nitro groups is 1. The highest BCUT2D eigenvalue weighted by atomic mass is 16.6. The van der Waals surface area contributed by atoms with E-state index in [0.29, 0.717) is 17.8 Å². The summed E-state index contributed by atoms with van der Waals surface area (Å²) in [4.78, 5) is 20.8. The molecule has 0 radical (unpaired) electrons. The first-order valence-electron chi connectivity index (χ1n) is 7.20. The van der Waals surface area contributed by atoms with Crippen molar-refractivity contribution in [2.24, 2.45) is 5.92 Å². The van der Waals surface area contributed by atoms with Gasteiger partial charge in [-0.3, -0.25) is 10.1 Å². The topological polar surface area (TPSA) is 98.2 Å². The van der Waals surface area contributed by atoms with Gasteiger partial charge in [-0.15, -0.1) is 0 Å². The Morgan fingerprint density at radius 3 is 2.85 bits per heavy atom. The van der Waals surface area contributed by atoms with E-state index in [9.17, 15) is 10.1 Å². The van der Waals surface area contributed by atoms with Gasteiger partial charge < -0.3 is 10.6 Å². The lowest BCUT2D eigenvalue weighted by Gasteiger charge is -2.44. The third kappa shape index (κ3) is 2.28. The molecular formula is C13H19N5O2. The molecular weight excluding hydrogens is 258 g/mol. The Kier molecular flexibility index (Phi) is 3.42. The molecule has 1 saturated heterocycles. The predicted octanol–water partition coefficient (Wildman–Crippen LogP) is 2.13. The summed E-state index contributed by atoms with van der Waals surface area (Å²) in [5.41, 5.74) is 5.59. The number of anilines is 2. The molecule has 20 heavy (non-hydrogen) atoms. The lowest BCUT2D eigenvalue weighted by atomic mass is 9.78. The number of nitrogens with zero attached hydrogens (tertiary/aromatic N) is 4. The Bertz CT molecular complexity index is 519. The fourth-order valence-corrected chi connectivity index (χ4v) is 3.61. The highest BCUT2D eigenvalue weighted by Gasteiger charge is 2.36. The SMILES string of the molecule is Nc1ncc([N+](=O)[O-])c(N2CCC[C@H]3CCCC[C@H]32)n1. The molecule has 1 aliphatic carbocycles. The summed E-state index contributed by atoms with van der Waals surface area (Å²) in [6, 6.07) is 0.366. The van der Waals surface area contributed by atoms with Gasteiger partial charge in [-0.1, -0.05) is 12.8 Å². The third-order valence-electron chi connectivity index (χ3n) is 4.48. The van der Waals surface area contributed by atoms with E-state index in [1.807, 2.05) is 0 Å². The molecule has 2 fully saturated rings. The van der Waals surface area contributed by atoms with E-state index in [1.165, 1.54) is 31.9 Å². The van der Waals surface area contributed by atoms with Crippen molar-refractivity contribution in [1.82, 2.24) is 9.97 Å². The second-order valence-electron chi connectivity index (χ2n) is 5.64. The lowest BCUT2D eigenvalue weighted by molar-refractivity contribution is -0.384. The molecule has 0 bridgehead atoms. The molecule has 1 aromatic heterocycles. The van der Waals surface area contributed by atoms with Crippen molar-refractivity contribution in [3.05, 3.63) is 16.3 Å². The van der Waals surface area contributed by atoms with Gasteiger partial charge in [-0.25, -0.2) is 4.98 Å². The first kappa shape index (κ1) is 13.1. The van der Waals surface area contributed by atoms with Crippen LogP contribution in [0, 0.1) is 16.0 Å². The van der Waals surface area contributed by atoms with Gasteiger partial charge >= 0.3 is 5.69 Å². The van der Waals surface area contributed by atoms with Crippen LogP contribution in [0.5, 0.6) is 0 Å². The first-order chi connectivity index (χ1) is 9.66. The maximum Gasteiger partial charge on any atom is 0.329 e. The Balaban J connectivity index is 1.98. The van der Waals surface area contributed by atoms with Gasteiger partial charge in [0, 0.05) is 12.6 Å². The minimum atomic E-state index is -0.415. The molecule has 1 aromatic rings. The Hall–Kier alpha value is -1.92. The van der Waals surface area contributed by atoms with Gasteiger partial charge in [0.15, 0.2) is 0 Å². The van der Waals surface area contributed by atoms with Crippen LogP contribution in [0.15, 0.2) is 6.20 Å². The molecule has 7 heteroatoms. The summed E-state index contributed by atoms with van der Waals surface area (Å²) in [5, 5.41) is 11.2. The van der Waals surface area contributed by atoms with Gasteiger partial charge in [0.25, 0.3) is 0 Å². The standard InChI is InChI=1S/C13H19N5O2/c14-13-15-8-11(18(19)20)12(16-13)17-7-3-5-9-4-1-2-6-10(9)17/h8-10H,1-7H2,(H2,14,15,16)/t9-,10-/m1/s1. The van der Waals surface area contributed by atoms with Crippen molar-refractivity contribution in [2.45, 2.75) is 44.6 Å². The van der Waals surface area contributed by atoms with E-state index in [1.54, 1.807) is 0 Å². The Labute approximate surface area is 117 Å². The average Bonchev–Trinajstić information content (AvgIpc) is 2.46. The normalized spacial score (nSPS) is 26.1. The van der Waals surface area contributed by atoms with Gasteiger partial charge in [0.1, 0.15) is 6.20 Å². The molecule has 108 valence electrons. The van der Waals surface area contributed by atoms with Crippen LogP contribution in [0.3, 0.4) is 0 Å². The summed E-state index contributed by atoms with van der Waals surface area (Å²) in [7, 11) is 0. The molecule has 7 nitrogen and oxygen atoms in total. The van der Waals surface area contributed by atoms with E-state index in [2.05, 4.69) is 14.9 Å². The minimum absolute atomic E-state index is 0.0366. The van der Waals surface area contributed by atoms with Crippen LogP contribution >= 0.6 is 0 Å². The van der Waals surface area contributed by atoms with Crippen molar-refractivity contribution in [3.63, 3.8) is 0 Å². The van der Waals surface area contributed by atoms with Crippen LogP contribution in [0.25, 0.3) is 0 Å². The van der Waals surface area contributed by atoms with E-state index in [0.717, 1.165) is 19.4 Å². The minimum Gasteiger partial charge on any atom is -0.368 e. The highest BCUT2D eigenvalue weighted by Crippen LogP contribution is 2.39. The van der Waals surface area contributed by atoms with Crippen molar-refractivity contribution in [2.75, 3.05) is 17.2 Å². The number of hydrogen-bond acceptors (Lipinski definition) is 6. The number of nitrogens with two attached hydrogens (primary N) is 1. The molecule has 2 heterocycles. The summed E-state index contributed by atoms with van der Waals surface area (Å²) in [6.07, 6.45) is 8.26. The molecule has 3 rings (SSSR count). The zero-order chi connectivity index (χ0) is 14.1. The monoisotopic (exact) mass is 277 g/mol. The quantitative estimate of drug-likeness (QED) is 0.656. The first-order valence-corrected chi connectivity index (χ1v) is 7.20. The maximum absolute atomic E-state index is 11.2. The molecule has 0 unspecified atom stereocenters. The molecule has 0 spiro atoms. The summed E-state index contributed by atoms with van der Waals surface area (Å²) in [6.45, 7) is 0.818. The fourth-order valence-electron chi connectivity index (χ4n) is 3.61. The van der Waals surface area contributed by atoms with Crippen LogP contribution in [0.2, 0.25) is 0 Å². The van der Waals surface area contributed by atoms with Crippen LogP contribution in [-0.2, 0) is 0 Å². The van der Waals surface area contributed by atoms with E-state index < -0.39 is 4.92 Å². The molecule has 2 atom stereocenters. The van der Waals surface area contributed by atoms with Crippen molar-refractivity contribution in [3.8, 4) is 0 Å². The molecule has 0 aromatic carbocycles. The second kappa shape index (κ2) is 5.22. The highest BCUT2D eigenvalue weighted by molar-refractivity contribution is 5.59. The number of piperidine rings is 1. The summed E-state index contributed by atoms with van der Waals surface area (Å²) < 4.78 is 0. The van der Waals surface area contributed by atoms with E-state index >= 15 is 0 Å². The molecule has 2 N–H and O–H groups in total. The zero-order valence-corrected chi connectivity index (χ0v) is 11.4. The smallest absolute Gasteiger partial charge is 0.329 e. The summed E-state index contributed by atoms with van der Waals surface area (Å²) >= 11 is 0. The van der Waals surface area contributed by atoms with Crippen LogP contribution in [0.1, 0.15) is 38.5 Å². The third-order valence-corrected chi connectivity index (χ3v) is 4.48. The zero-order valence-electron chi connectivity index (χ0n) is 11.4. The van der Waals surface area contributed by atoms with Crippen LogP contribution in [0.4, 0.5) is 17.5 Å². The van der Waals surface area contributed by atoms with Gasteiger partial charge in [0.05, 0.1) is 4.92 Å². The number of fused-ring (bicyclic) bond motifs is 1. The van der Waals surface area contributed by atoms with Crippen molar-refractivity contribution >= 4 is 17.5 Å². The number of nitrogen functional groups attached to an aromatic ring is 1. The molecule has 2 aliphatic rings. The van der Waals surface area contributed by atoms with Crippen molar-refractivity contribution in [1.29, 1.82) is 0 Å². The van der Waals surface area contributed by atoms with Gasteiger partial charge in [0.2, 0.25) is 11.8 Å². The Morgan fingerprint density at radius 1 is 1.30 bits per heavy atom. The van der Waals surface area contributed by atoms with E-state index in [4.69, 9.17) is 5.73 Å². The number of aromatic nitrogens is 2. The fraction of sp³-hybridized carbons (Fsp3) is 0.692. The molecule has 1 saturated carbocycles. The maximum atomic E-state index is 11.2.